The topological polar surface area (TPSA) is 43.4 Å². The molecular formula is C18H16O3. The molecule has 0 aliphatic rings. The molecule has 0 atom stereocenters. The Hall–Kier alpha value is -2.68. The maximum Gasteiger partial charge on any atom is 0.339 e. The molecule has 0 saturated heterocycles. The van der Waals surface area contributed by atoms with Crippen molar-refractivity contribution in [3.63, 3.8) is 0 Å². The van der Waals surface area contributed by atoms with Gasteiger partial charge in [0.25, 0.3) is 0 Å². The Labute approximate surface area is 123 Å². The highest BCUT2D eigenvalue weighted by atomic mass is 16.5. The molecule has 3 nitrogen and oxygen atoms in total. The van der Waals surface area contributed by atoms with Gasteiger partial charge < -0.3 is 4.74 Å². The van der Waals surface area contributed by atoms with Crippen LogP contribution in [0.5, 0.6) is 0 Å². The second-order valence-corrected chi connectivity index (χ2v) is 4.58. The molecule has 0 radical (unpaired) electrons. The minimum Gasteiger partial charge on any atom is -0.457 e. The second-order valence-electron chi connectivity index (χ2n) is 4.58. The van der Waals surface area contributed by atoms with E-state index in [0.717, 1.165) is 11.1 Å². The van der Waals surface area contributed by atoms with E-state index in [1.54, 1.807) is 30.3 Å². The predicted molar refractivity (Wildman–Crippen MR) is 82.1 cm³/mol. The molecular weight excluding hydrogens is 264 g/mol. The predicted octanol–water partition coefficient (Wildman–Crippen LogP) is 3.89. The van der Waals surface area contributed by atoms with Crippen molar-refractivity contribution >= 4 is 17.8 Å². The van der Waals surface area contributed by atoms with Gasteiger partial charge in [0.1, 0.15) is 6.61 Å². The summed E-state index contributed by atoms with van der Waals surface area (Å²) in [4.78, 5) is 23.7. The Morgan fingerprint density at radius 1 is 1.05 bits per heavy atom. The van der Waals surface area contributed by atoms with Gasteiger partial charge in [-0.1, -0.05) is 55.1 Å². The van der Waals surface area contributed by atoms with Crippen LogP contribution in [0.4, 0.5) is 0 Å². The average molecular weight is 280 g/mol. The van der Waals surface area contributed by atoms with Crippen molar-refractivity contribution in [2.24, 2.45) is 0 Å². The van der Waals surface area contributed by atoms with E-state index in [1.807, 2.05) is 24.3 Å². The molecule has 2 rings (SSSR count). The highest BCUT2D eigenvalue weighted by molar-refractivity contribution is 6.05. The van der Waals surface area contributed by atoms with Gasteiger partial charge in [-0.3, -0.25) is 4.79 Å². The third-order valence-corrected chi connectivity index (χ3v) is 3.16. The van der Waals surface area contributed by atoms with Crippen LogP contribution >= 0.6 is 0 Å². The lowest BCUT2D eigenvalue weighted by Crippen LogP contribution is -2.10. The van der Waals surface area contributed by atoms with E-state index in [4.69, 9.17) is 4.74 Å². The standard InChI is InChI=1S/C18H16O3/c1-3-14-8-4-5-9-15(14)12-21-18(20)17-11-7-6-10-16(17)13(2)19/h3-11H,1,12H2,2H3. The summed E-state index contributed by atoms with van der Waals surface area (Å²) in [6, 6.07) is 14.2. The van der Waals surface area contributed by atoms with Crippen LogP contribution in [0, 0.1) is 0 Å². The van der Waals surface area contributed by atoms with Crippen molar-refractivity contribution in [2.75, 3.05) is 0 Å². The molecule has 3 heteroatoms. The van der Waals surface area contributed by atoms with Crippen molar-refractivity contribution in [2.45, 2.75) is 13.5 Å². The highest BCUT2D eigenvalue weighted by Crippen LogP contribution is 2.15. The molecule has 0 heterocycles. The molecule has 0 bridgehead atoms. The number of rotatable bonds is 5. The Morgan fingerprint density at radius 3 is 2.33 bits per heavy atom. The monoisotopic (exact) mass is 280 g/mol. The number of carbonyl (C=O) groups excluding carboxylic acids is 2. The van der Waals surface area contributed by atoms with Gasteiger partial charge in [0.15, 0.2) is 5.78 Å². The number of ketones is 1. The number of hydrogen-bond donors (Lipinski definition) is 0. The molecule has 2 aromatic carbocycles. The largest absolute Gasteiger partial charge is 0.457 e. The molecule has 21 heavy (non-hydrogen) atoms. The molecule has 0 fully saturated rings. The third kappa shape index (κ3) is 3.45. The van der Waals surface area contributed by atoms with Gasteiger partial charge in [-0.2, -0.15) is 0 Å². The van der Waals surface area contributed by atoms with E-state index in [9.17, 15) is 9.59 Å². The van der Waals surface area contributed by atoms with Crippen LogP contribution in [0.3, 0.4) is 0 Å². The fourth-order valence-corrected chi connectivity index (χ4v) is 2.05. The first kappa shape index (κ1) is 14.7. The number of benzene rings is 2. The maximum absolute atomic E-state index is 12.1. The minimum atomic E-state index is -0.500. The van der Waals surface area contributed by atoms with Crippen molar-refractivity contribution in [3.05, 3.63) is 77.4 Å². The molecule has 0 aromatic heterocycles. The molecule has 0 N–H and O–H groups in total. The van der Waals surface area contributed by atoms with E-state index in [1.165, 1.54) is 6.92 Å². The van der Waals surface area contributed by atoms with Crippen molar-refractivity contribution < 1.29 is 14.3 Å². The summed E-state index contributed by atoms with van der Waals surface area (Å²) in [5, 5.41) is 0. The van der Waals surface area contributed by atoms with Gasteiger partial charge in [-0.05, 0) is 24.1 Å². The van der Waals surface area contributed by atoms with Crippen LogP contribution in [-0.2, 0) is 11.3 Å². The molecule has 2 aromatic rings. The molecule has 0 aliphatic carbocycles. The van der Waals surface area contributed by atoms with Crippen LogP contribution < -0.4 is 0 Å². The molecule has 0 saturated carbocycles. The van der Waals surface area contributed by atoms with Crippen LogP contribution in [-0.4, -0.2) is 11.8 Å². The smallest absolute Gasteiger partial charge is 0.339 e. The summed E-state index contributed by atoms with van der Waals surface area (Å²) in [6.45, 7) is 5.30. The van der Waals surface area contributed by atoms with E-state index < -0.39 is 5.97 Å². The lowest BCUT2D eigenvalue weighted by atomic mass is 10.0. The van der Waals surface area contributed by atoms with E-state index in [2.05, 4.69) is 6.58 Å². The highest BCUT2D eigenvalue weighted by Gasteiger charge is 2.15. The summed E-state index contributed by atoms with van der Waals surface area (Å²) in [5.41, 5.74) is 2.46. The van der Waals surface area contributed by atoms with Gasteiger partial charge >= 0.3 is 5.97 Å². The van der Waals surface area contributed by atoms with Crippen molar-refractivity contribution in [3.8, 4) is 0 Å². The summed E-state index contributed by atoms with van der Waals surface area (Å²) >= 11 is 0. The summed E-state index contributed by atoms with van der Waals surface area (Å²) in [6.07, 6.45) is 1.71. The lowest BCUT2D eigenvalue weighted by molar-refractivity contribution is 0.0469. The number of esters is 1. The fraction of sp³-hybridized carbons (Fsp3) is 0.111. The first-order chi connectivity index (χ1) is 10.1. The van der Waals surface area contributed by atoms with Crippen molar-refractivity contribution in [1.29, 1.82) is 0 Å². The zero-order valence-corrected chi connectivity index (χ0v) is 11.8. The number of hydrogen-bond acceptors (Lipinski definition) is 3. The number of Topliss-reactive ketones (excluding diaryl/α,β-unsaturated/α-hetero) is 1. The first-order valence-corrected chi connectivity index (χ1v) is 6.61. The van der Waals surface area contributed by atoms with Gasteiger partial charge in [0.2, 0.25) is 0 Å². The molecule has 106 valence electrons. The normalized spacial score (nSPS) is 9.95. The van der Waals surface area contributed by atoms with Gasteiger partial charge in [0, 0.05) is 5.56 Å². The molecule has 0 spiro atoms. The third-order valence-electron chi connectivity index (χ3n) is 3.16. The number of carbonyl (C=O) groups is 2. The quantitative estimate of drug-likeness (QED) is 0.616. The van der Waals surface area contributed by atoms with Crippen molar-refractivity contribution in [1.82, 2.24) is 0 Å². The van der Waals surface area contributed by atoms with Gasteiger partial charge in [-0.15, -0.1) is 0 Å². The molecule has 0 unspecified atom stereocenters. The SMILES string of the molecule is C=Cc1ccccc1COC(=O)c1ccccc1C(C)=O. The van der Waals surface area contributed by atoms with E-state index in [0.29, 0.717) is 11.1 Å². The number of ether oxygens (including phenoxy) is 1. The van der Waals surface area contributed by atoms with Gasteiger partial charge in [-0.25, -0.2) is 4.79 Å². The molecule has 0 amide bonds. The Balaban J connectivity index is 2.16. The van der Waals surface area contributed by atoms with Gasteiger partial charge in [0.05, 0.1) is 5.56 Å². The summed E-state index contributed by atoms with van der Waals surface area (Å²) < 4.78 is 5.31. The summed E-state index contributed by atoms with van der Waals surface area (Å²) in [7, 11) is 0. The average Bonchev–Trinajstić information content (AvgIpc) is 2.52. The van der Waals surface area contributed by atoms with Crippen LogP contribution in [0.2, 0.25) is 0 Å². The fourth-order valence-electron chi connectivity index (χ4n) is 2.05. The zero-order chi connectivity index (χ0) is 15.2. The minimum absolute atomic E-state index is 0.146. The van der Waals surface area contributed by atoms with E-state index >= 15 is 0 Å². The van der Waals surface area contributed by atoms with Crippen LogP contribution in [0.1, 0.15) is 38.8 Å². The second kappa shape index (κ2) is 6.66. The Morgan fingerprint density at radius 2 is 1.67 bits per heavy atom. The summed E-state index contributed by atoms with van der Waals surface area (Å²) in [5.74, 6) is -0.659. The lowest BCUT2D eigenvalue weighted by Gasteiger charge is -2.09. The van der Waals surface area contributed by atoms with E-state index in [-0.39, 0.29) is 12.4 Å². The van der Waals surface area contributed by atoms with Crippen LogP contribution in [0.15, 0.2) is 55.1 Å². The van der Waals surface area contributed by atoms with Crippen LogP contribution in [0.25, 0.3) is 6.08 Å². The maximum atomic E-state index is 12.1. The molecule has 0 aliphatic heterocycles. The Kier molecular flexibility index (Phi) is 4.67. The first-order valence-electron chi connectivity index (χ1n) is 6.61. The Bertz CT molecular complexity index is 686. The zero-order valence-electron chi connectivity index (χ0n) is 11.8.